The summed E-state index contributed by atoms with van der Waals surface area (Å²) in [6.07, 6.45) is 0. The zero-order valence-electron chi connectivity index (χ0n) is 16.8. The van der Waals surface area contributed by atoms with E-state index >= 15 is 0 Å². The Kier molecular flexibility index (Phi) is 7.17. The molecule has 1 amide bonds. The van der Waals surface area contributed by atoms with Crippen LogP contribution in [0.5, 0.6) is 17.2 Å². The highest BCUT2D eigenvalue weighted by atomic mass is 35.5. The summed E-state index contributed by atoms with van der Waals surface area (Å²) in [5.74, 6) is 0.583. The number of carbonyl (C=O) groups excluding carboxylic acids is 1. The molecule has 1 atom stereocenters. The number of halogens is 1. The van der Waals surface area contributed by atoms with Gasteiger partial charge in [-0.3, -0.25) is 4.79 Å². The predicted octanol–water partition coefficient (Wildman–Crippen LogP) is 4.45. The van der Waals surface area contributed by atoms with Crippen molar-refractivity contribution in [2.45, 2.75) is 17.9 Å². The summed E-state index contributed by atoms with van der Waals surface area (Å²) in [6, 6.07) is 19.1. The van der Waals surface area contributed by atoms with Gasteiger partial charge in [0, 0.05) is 5.02 Å². The van der Waals surface area contributed by atoms with Gasteiger partial charge in [-0.05, 0) is 49.4 Å². The maximum absolute atomic E-state index is 12.8. The van der Waals surface area contributed by atoms with E-state index < -0.39 is 22.0 Å². The number of nitrogens with one attached hydrogen (secondary N) is 2. The van der Waals surface area contributed by atoms with E-state index in [1.54, 1.807) is 36.4 Å². The standard InChI is InChI=1S/C22H21ClN2O5S/c1-15(25-31(27,28)21-14-16(23)12-13-20(21)29-2)22(26)24-18-10-6-7-11-19(18)30-17-8-4-3-5-9-17/h3-15,25H,1-2H3,(H,24,26)/t15-/m0/s1. The summed E-state index contributed by atoms with van der Waals surface area (Å²) >= 11 is 5.93. The second kappa shape index (κ2) is 9.82. The molecular formula is C22H21ClN2O5S. The van der Waals surface area contributed by atoms with E-state index in [9.17, 15) is 13.2 Å². The van der Waals surface area contributed by atoms with Crippen LogP contribution in [0.25, 0.3) is 0 Å². The van der Waals surface area contributed by atoms with E-state index in [0.29, 0.717) is 17.2 Å². The number of ether oxygens (including phenoxy) is 2. The first-order valence-corrected chi connectivity index (χ1v) is 11.1. The number of hydrogen-bond donors (Lipinski definition) is 2. The smallest absolute Gasteiger partial charge is 0.245 e. The summed E-state index contributed by atoms with van der Waals surface area (Å²) in [5.41, 5.74) is 0.405. The van der Waals surface area contributed by atoms with Gasteiger partial charge in [0.25, 0.3) is 0 Å². The molecule has 0 unspecified atom stereocenters. The van der Waals surface area contributed by atoms with Crippen molar-refractivity contribution in [2.24, 2.45) is 0 Å². The topological polar surface area (TPSA) is 93.7 Å². The van der Waals surface area contributed by atoms with Crippen molar-refractivity contribution in [2.75, 3.05) is 12.4 Å². The van der Waals surface area contributed by atoms with E-state index in [-0.39, 0.29) is 15.7 Å². The van der Waals surface area contributed by atoms with Crippen LogP contribution < -0.4 is 19.5 Å². The first kappa shape index (κ1) is 22.6. The fourth-order valence-electron chi connectivity index (χ4n) is 2.73. The van der Waals surface area contributed by atoms with E-state index in [4.69, 9.17) is 21.1 Å². The number of sulfonamides is 1. The lowest BCUT2D eigenvalue weighted by molar-refractivity contribution is -0.117. The van der Waals surface area contributed by atoms with Crippen LogP contribution >= 0.6 is 11.6 Å². The van der Waals surface area contributed by atoms with Crippen LogP contribution in [0.3, 0.4) is 0 Å². The van der Waals surface area contributed by atoms with Crippen molar-refractivity contribution >= 4 is 33.2 Å². The largest absolute Gasteiger partial charge is 0.495 e. The maximum Gasteiger partial charge on any atom is 0.245 e. The monoisotopic (exact) mass is 460 g/mol. The molecule has 2 N–H and O–H groups in total. The van der Waals surface area contributed by atoms with Crippen LogP contribution in [0.4, 0.5) is 5.69 Å². The van der Waals surface area contributed by atoms with Crippen LogP contribution in [-0.4, -0.2) is 27.5 Å². The van der Waals surface area contributed by atoms with E-state index in [1.165, 1.54) is 32.2 Å². The Morgan fingerprint density at radius 3 is 2.35 bits per heavy atom. The van der Waals surface area contributed by atoms with Gasteiger partial charge in [-0.25, -0.2) is 8.42 Å². The van der Waals surface area contributed by atoms with Crippen LogP contribution in [-0.2, 0) is 14.8 Å². The molecule has 0 aliphatic rings. The molecule has 0 saturated heterocycles. The summed E-state index contributed by atoms with van der Waals surface area (Å²) < 4.78 is 38.8. The lowest BCUT2D eigenvalue weighted by Gasteiger charge is -2.17. The molecule has 0 saturated carbocycles. The number of hydrogen-bond acceptors (Lipinski definition) is 5. The molecule has 3 rings (SSSR count). The number of carbonyl (C=O) groups is 1. The predicted molar refractivity (Wildman–Crippen MR) is 119 cm³/mol. The molecule has 0 heterocycles. The van der Waals surface area contributed by atoms with Gasteiger partial charge in [0.2, 0.25) is 15.9 Å². The van der Waals surface area contributed by atoms with Gasteiger partial charge in [0.1, 0.15) is 16.4 Å². The van der Waals surface area contributed by atoms with Gasteiger partial charge in [-0.1, -0.05) is 41.9 Å². The third kappa shape index (κ3) is 5.75. The highest BCUT2D eigenvalue weighted by Gasteiger charge is 2.26. The Labute approximate surface area is 186 Å². The molecule has 162 valence electrons. The Morgan fingerprint density at radius 1 is 0.968 bits per heavy atom. The first-order valence-electron chi connectivity index (χ1n) is 9.29. The minimum Gasteiger partial charge on any atom is -0.495 e. The number of methoxy groups -OCH3 is 1. The molecule has 3 aromatic carbocycles. The zero-order valence-corrected chi connectivity index (χ0v) is 18.4. The van der Waals surface area contributed by atoms with E-state index in [1.807, 2.05) is 18.2 Å². The zero-order chi connectivity index (χ0) is 22.4. The molecule has 3 aromatic rings. The van der Waals surface area contributed by atoms with Crippen molar-refractivity contribution in [3.63, 3.8) is 0 Å². The normalized spacial score (nSPS) is 12.1. The second-order valence-electron chi connectivity index (χ2n) is 6.54. The quantitative estimate of drug-likeness (QED) is 0.518. The number of rotatable bonds is 8. The lowest BCUT2D eigenvalue weighted by Crippen LogP contribution is -2.41. The fraction of sp³-hybridized carbons (Fsp3) is 0.136. The summed E-state index contributed by atoms with van der Waals surface area (Å²) in [7, 11) is -2.72. The molecule has 0 radical (unpaired) electrons. The molecule has 0 fully saturated rings. The minimum atomic E-state index is -4.07. The average Bonchev–Trinajstić information content (AvgIpc) is 2.75. The molecule has 0 aliphatic carbocycles. The molecule has 0 aromatic heterocycles. The fourth-order valence-corrected chi connectivity index (χ4v) is 4.36. The number of benzene rings is 3. The number of anilines is 1. The van der Waals surface area contributed by atoms with Crippen molar-refractivity contribution < 1.29 is 22.7 Å². The molecular weight excluding hydrogens is 440 g/mol. The second-order valence-corrected chi connectivity index (χ2v) is 8.66. The SMILES string of the molecule is COc1ccc(Cl)cc1S(=O)(=O)N[C@@H](C)C(=O)Nc1ccccc1Oc1ccccc1. The number of amides is 1. The van der Waals surface area contributed by atoms with Gasteiger partial charge in [0.05, 0.1) is 18.8 Å². The first-order chi connectivity index (χ1) is 14.8. The maximum atomic E-state index is 12.8. The summed E-state index contributed by atoms with van der Waals surface area (Å²) in [4.78, 5) is 12.5. The Hall–Kier alpha value is -3.07. The van der Waals surface area contributed by atoms with Crippen molar-refractivity contribution in [3.8, 4) is 17.2 Å². The van der Waals surface area contributed by atoms with Gasteiger partial charge < -0.3 is 14.8 Å². The summed E-state index contributed by atoms with van der Waals surface area (Å²) in [6.45, 7) is 1.44. The third-order valence-electron chi connectivity index (χ3n) is 4.26. The van der Waals surface area contributed by atoms with Crippen molar-refractivity contribution in [1.82, 2.24) is 4.72 Å². The Balaban J connectivity index is 1.75. The van der Waals surface area contributed by atoms with Gasteiger partial charge >= 0.3 is 0 Å². The highest BCUT2D eigenvalue weighted by Crippen LogP contribution is 2.30. The van der Waals surface area contributed by atoms with E-state index in [2.05, 4.69) is 10.0 Å². The van der Waals surface area contributed by atoms with Crippen LogP contribution in [0.1, 0.15) is 6.92 Å². The van der Waals surface area contributed by atoms with Crippen molar-refractivity contribution in [3.05, 3.63) is 77.8 Å². The highest BCUT2D eigenvalue weighted by molar-refractivity contribution is 7.89. The Morgan fingerprint density at radius 2 is 1.65 bits per heavy atom. The lowest BCUT2D eigenvalue weighted by atomic mass is 10.2. The molecule has 9 heteroatoms. The molecule has 0 aliphatic heterocycles. The van der Waals surface area contributed by atoms with Gasteiger partial charge in [-0.2, -0.15) is 4.72 Å². The van der Waals surface area contributed by atoms with Gasteiger partial charge in [-0.15, -0.1) is 0 Å². The molecule has 7 nitrogen and oxygen atoms in total. The summed E-state index contributed by atoms with van der Waals surface area (Å²) in [5, 5.41) is 2.92. The van der Waals surface area contributed by atoms with Crippen molar-refractivity contribution in [1.29, 1.82) is 0 Å². The van der Waals surface area contributed by atoms with E-state index in [0.717, 1.165) is 0 Å². The minimum absolute atomic E-state index is 0.117. The molecule has 0 spiro atoms. The third-order valence-corrected chi connectivity index (χ3v) is 6.05. The number of para-hydroxylation sites is 3. The Bertz CT molecular complexity index is 1170. The average molecular weight is 461 g/mol. The molecule has 0 bridgehead atoms. The van der Waals surface area contributed by atoms with Gasteiger partial charge in [0.15, 0.2) is 5.75 Å². The molecule has 31 heavy (non-hydrogen) atoms. The van der Waals surface area contributed by atoms with Crippen LogP contribution in [0.2, 0.25) is 5.02 Å². The van der Waals surface area contributed by atoms with Crippen LogP contribution in [0, 0.1) is 0 Å². The van der Waals surface area contributed by atoms with Crippen LogP contribution in [0.15, 0.2) is 77.7 Å².